The second-order valence-electron chi connectivity index (χ2n) is 6.75. The van der Waals surface area contributed by atoms with Gasteiger partial charge in [0.2, 0.25) is 17.7 Å². The van der Waals surface area contributed by atoms with E-state index in [1.807, 2.05) is 24.3 Å². The highest BCUT2D eigenvalue weighted by Crippen LogP contribution is 2.30. The van der Waals surface area contributed by atoms with E-state index in [4.69, 9.17) is 0 Å². The Balaban J connectivity index is 1.48. The Morgan fingerprint density at radius 1 is 1.11 bits per heavy atom. The Hall–Kier alpha value is -3.68. The van der Waals surface area contributed by atoms with Crippen molar-refractivity contribution in [1.82, 2.24) is 10.2 Å². The number of nitrogens with one attached hydrogen (secondary N) is 3. The highest BCUT2D eigenvalue weighted by molar-refractivity contribution is 6.07. The summed E-state index contributed by atoms with van der Waals surface area (Å²) < 4.78 is 0. The number of rotatable bonds is 4. The lowest BCUT2D eigenvalue weighted by Crippen LogP contribution is -2.28. The fourth-order valence-electron chi connectivity index (χ4n) is 3.36. The first-order valence-corrected chi connectivity index (χ1v) is 8.93. The maximum atomic E-state index is 12.7. The summed E-state index contributed by atoms with van der Waals surface area (Å²) in [5, 5.41) is 13.5. The molecule has 0 unspecified atom stereocenters. The Labute approximate surface area is 160 Å². The minimum Gasteiger partial charge on any atom is -0.326 e. The quantitative estimate of drug-likeness (QED) is 0.649. The number of carbonyl (C=O) groups excluding carboxylic acids is 3. The topological polar surface area (TPSA) is 107 Å². The lowest BCUT2D eigenvalue weighted by molar-refractivity contribution is -0.122. The highest BCUT2D eigenvalue weighted by atomic mass is 16.2. The van der Waals surface area contributed by atoms with Gasteiger partial charge in [0.05, 0.1) is 11.4 Å². The fraction of sp³-hybridized carbons (Fsp3) is 0.200. The van der Waals surface area contributed by atoms with Crippen molar-refractivity contribution in [2.45, 2.75) is 13.3 Å². The van der Waals surface area contributed by atoms with Crippen molar-refractivity contribution in [3.63, 3.8) is 0 Å². The zero-order chi connectivity index (χ0) is 19.7. The van der Waals surface area contributed by atoms with E-state index in [1.165, 1.54) is 6.92 Å². The van der Waals surface area contributed by atoms with Crippen LogP contribution in [0.3, 0.4) is 0 Å². The van der Waals surface area contributed by atoms with Gasteiger partial charge >= 0.3 is 0 Å². The highest BCUT2D eigenvalue weighted by Gasteiger charge is 2.36. The van der Waals surface area contributed by atoms with Gasteiger partial charge in [0.25, 0.3) is 0 Å². The number of nitrogens with zero attached hydrogens (tertiary/aromatic N) is 2. The van der Waals surface area contributed by atoms with Crippen LogP contribution in [0.25, 0.3) is 10.9 Å². The summed E-state index contributed by atoms with van der Waals surface area (Å²) >= 11 is 0. The van der Waals surface area contributed by atoms with Gasteiger partial charge < -0.3 is 10.6 Å². The molecule has 4 rings (SSSR count). The predicted octanol–water partition coefficient (Wildman–Crippen LogP) is 2.51. The molecule has 0 bridgehead atoms. The summed E-state index contributed by atoms with van der Waals surface area (Å²) in [6.45, 7) is 1.69. The van der Waals surface area contributed by atoms with Gasteiger partial charge in [-0.1, -0.05) is 18.2 Å². The van der Waals surface area contributed by atoms with Crippen LogP contribution in [-0.2, 0) is 14.4 Å². The smallest absolute Gasteiger partial charge is 0.229 e. The average Bonchev–Trinajstić information content (AvgIpc) is 3.25. The third-order valence-electron chi connectivity index (χ3n) is 4.65. The van der Waals surface area contributed by atoms with Crippen LogP contribution in [0.4, 0.5) is 17.2 Å². The zero-order valence-corrected chi connectivity index (χ0v) is 15.2. The van der Waals surface area contributed by atoms with Gasteiger partial charge in [-0.25, -0.2) is 0 Å². The maximum Gasteiger partial charge on any atom is 0.229 e. The van der Waals surface area contributed by atoms with Crippen LogP contribution in [0.5, 0.6) is 0 Å². The number of hydrogen-bond donors (Lipinski definition) is 3. The van der Waals surface area contributed by atoms with E-state index in [1.54, 1.807) is 29.2 Å². The monoisotopic (exact) mass is 377 g/mol. The van der Waals surface area contributed by atoms with Crippen molar-refractivity contribution in [2.24, 2.45) is 5.92 Å². The molecule has 0 spiro atoms. The SMILES string of the molecule is CC(=O)Nc1cccc(NC(=O)[C@@H]2CC(=O)N(c3n[nH]c4ccccc34)C2)c1. The summed E-state index contributed by atoms with van der Waals surface area (Å²) in [6.07, 6.45) is 0.123. The summed E-state index contributed by atoms with van der Waals surface area (Å²) in [6, 6.07) is 14.4. The normalized spacial score (nSPS) is 16.4. The number of H-pyrrole nitrogens is 1. The minimum atomic E-state index is -0.479. The van der Waals surface area contributed by atoms with E-state index in [0.717, 1.165) is 10.9 Å². The van der Waals surface area contributed by atoms with Gasteiger partial charge in [-0.2, -0.15) is 5.10 Å². The number of anilines is 3. The number of fused-ring (bicyclic) bond motifs is 1. The summed E-state index contributed by atoms with van der Waals surface area (Å²) in [5.74, 6) is -0.497. The molecule has 2 aromatic carbocycles. The van der Waals surface area contributed by atoms with E-state index in [2.05, 4.69) is 20.8 Å². The molecule has 1 atom stereocenters. The summed E-state index contributed by atoms with van der Waals surface area (Å²) in [4.78, 5) is 37.9. The number of aromatic nitrogens is 2. The minimum absolute atomic E-state index is 0.123. The van der Waals surface area contributed by atoms with Crippen LogP contribution in [0.15, 0.2) is 48.5 Å². The summed E-state index contributed by atoms with van der Waals surface area (Å²) in [7, 11) is 0. The summed E-state index contributed by atoms with van der Waals surface area (Å²) in [5.41, 5.74) is 2.00. The number of benzene rings is 2. The molecule has 0 saturated carbocycles. The largest absolute Gasteiger partial charge is 0.326 e. The number of amides is 3. The van der Waals surface area contributed by atoms with E-state index in [9.17, 15) is 14.4 Å². The van der Waals surface area contributed by atoms with E-state index in [0.29, 0.717) is 17.2 Å². The van der Waals surface area contributed by atoms with Gasteiger partial charge in [0.1, 0.15) is 0 Å². The van der Waals surface area contributed by atoms with Gasteiger partial charge in [-0.05, 0) is 30.3 Å². The molecular formula is C20H19N5O3. The average molecular weight is 377 g/mol. The standard InChI is InChI=1S/C20H19N5O3/c1-12(26)21-14-5-4-6-15(10-14)22-20(28)13-9-18(27)25(11-13)19-16-7-2-3-8-17(16)23-24-19/h2-8,10,13H,9,11H2,1H3,(H,21,26)(H,22,28)(H,23,24)/t13-/m1/s1. The second kappa shape index (κ2) is 7.15. The van der Waals surface area contributed by atoms with Crippen LogP contribution in [0.2, 0.25) is 0 Å². The van der Waals surface area contributed by atoms with Crippen molar-refractivity contribution in [3.8, 4) is 0 Å². The van der Waals surface area contributed by atoms with Gasteiger partial charge in [-0.15, -0.1) is 0 Å². The van der Waals surface area contributed by atoms with Crippen molar-refractivity contribution < 1.29 is 14.4 Å². The predicted molar refractivity (Wildman–Crippen MR) is 106 cm³/mol. The Morgan fingerprint density at radius 3 is 2.64 bits per heavy atom. The van der Waals surface area contributed by atoms with Crippen molar-refractivity contribution in [3.05, 3.63) is 48.5 Å². The molecule has 28 heavy (non-hydrogen) atoms. The first-order valence-electron chi connectivity index (χ1n) is 8.93. The Morgan fingerprint density at radius 2 is 1.86 bits per heavy atom. The van der Waals surface area contributed by atoms with E-state index in [-0.39, 0.29) is 30.7 Å². The second-order valence-corrected chi connectivity index (χ2v) is 6.75. The molecule has 8 heteroatoms. The molecule has 142 valence electrons. The Bertz CT molecular complexity index is 1070. The van der Waals surface area contributed by atoms with Gasteiger partial charge in [0, 0.05) is 36.7 Å². The first-order chi connectivity index (χ1) is 13.5. The van der Waals surface area contributed by atoms with Crippen LogP contribution in [-0.4, -0.2) is 34.5 Å². The Kier molecular flexibility index (Phi) is 4.52. The van der Waals surface area contributed by atoms with Gasteiger partial charge in [0.15, 0.2) is 5.82 Å². The molecule has 1 fully saturated rings. The van der Waals surface area contributed by atoms with Crippen LogP contribution < -0.4 is 15.5 Å². The number of hydrogen-bond acceptors (Lipinski definition) is 4. The lowest BCUT2D eigenvalue weighted by atomic mass is 10.1. The van der Waals surface area contributed by atoms with Crippen LogP contribution in [0, 0.1) is 5.92 Å². The first kappa shape index (κ1) is 17.7. The fourth-order valence-corrected chi connectivity index (χ4v) is 3.36. The third-order valence-corrected chi connectivity index (χ3v) is 4.65. The van der Waals surface area contributed by atoms with Crippen molar-refractivity contribution in [2.75, 3.05) is 22.1 Å². The van der Waals surface area contributed by atoms with E-state index < -0.39 is 5.92 Å². The number of carbonyl (C=O) groups is 3. The van der Waals surface area contributed by atoms with Crippen molar-refractivity contribution >= 4 is 45.8 Å². The molecule has 1 saturated heterocycles. The molecule has 1 aromatic heterocycles. The molecule has 2 heterocycles. The van der Waals surface area contributed by atoms with Crippen LogP contribution in [0.1, 0.15) is 13.3 Å². The van der Waals surface area contributed by atoms with E-state index >= 15 is 0 Å². The molecule has 1 aliphatic rings. The van der Waals surface area contributed by atoms with Gasteiger partial charge in [-0.3, -0.25) is 24.4 Å². The molecule has 8 nitrogen and oxygen atoms in total. The molecule has 0 radical (unpaired) electrons. The van der Waals surface area contributed by atoms with Crippen molar-refractivity contribution in [1.29, 1.82) is 0 Å². The number of para-hydroxylation sites is 1. The number of aromatic amines is 1. The zero-order valence-electron chi connectivity index (χ0n) is 15.2. The molecule has 3 aromatic rings. The third kappa shape index (κ3) is 3.44. The molecule has 3 amide bonds. The molecule has 3 N–H and O–H groups in total. The van der Waals surface area contributed by atoms with Crippen LogP contribution >= 0.6 is 0 Å². The lowest BCUT2D eigenvalue weighted by Gasteiger charge is -2.14. The molecular weight excluding hydrogens is 358 g/mol. The molecule has 1 aliphatic heterocycles. The molecule has 0 aliphatic carbocycles. The maximum absolute atomic E-state index is 12.7.